The first-order valence-corrected chi connectivity index (χ1v) is 11.9. The molecule has 1 unspecified atom stereocenters. The van der Waals surface area contributed by atoms with Crippen LogP contribution in [0.4, 0.5) is 10.5 Å². The van der Waals surface area contributed by atoms with E-state index >= 15 is 0 Å². The maximum absolute atomic E-state index is 13.2. The van der Waals surface area contributed by atoms with E-state index in [0.29, 0.717) is 25.9 Å². The number of hydrogen-bond acceptors (Lipinski definition) is 4. The number of para-hydroxylation sites is 1. The molecule has 0 saturated carbocycles. The summed E-state index contributed by atoms with van der Waals surface area (Å²) in [6, 6.07) is 17.7. The predicted octanol–water partition coefficient (Wildman–Crippen LogP) is 3.43. The molecule has 2 heterocycles. The van der Waals surface area contributed by atoms with Crippen LogP contribution in [0.3, 0.4) is 0 Å². The Morgan fingerprint density at radius 1 is 0.970 bits per heavy atom. The summed E-state index contributed by atoms with van der Waals surface area (Å²) >= 11 is 0. The average Bonchev–Trinajstić information content (AvgIpc) is 2.85. The van der Waals surface area contributed by atoms with Gasteiger partial charge >= 0.3 is 6.03 Å². The predicted molar refractivity (Wildman–Crippen MR) is 129 cm³/mol. The van der Waals surface area contributed by atoms with Gasteiger partial charge in [-0.15, -0.1) is 0 Å². The molecule has 2 N–H and O–H groups in total. The number of ether oxygens (including phenoxy) is 1. The van der Waals surface area contributed by atoms with E-state index in [0.717, 1.165) is 44.1 Å². The zero-order valence-electron chi connectivity index (χ0n) is 19.3. The van der Waals surface area contributed by atoms with Gasteiger partial charge in [0.25, 0.3) is 0 Å². The molecule has 0 aliphatic carbocycles. The lowest BCUT2D eigenvalue weighted by Crippen LogP contribution is -2.47. The van der Waals surface area contributed by atoms with Crippen molar-refractivity contribution in [3.63, 3.8) is 0 Å². The topological polar surface area (TPSA) is 73.9 Å². The van der Waals surface area contributed by atoms with Crippen molar-refractivity contribution in [2.24, 2.45) is 5.92 Å². The van der Waals surface area contributed by atoms with Crippen molar-refractivity contribution in [1.29, 1.82) is 0 Å². The summed E-state index contributed by atoms with van der Waals surface area (Å²) in [5.41, 5.74) is 3.11. The summed E-state index contributed by atoms with van der Waals surface area (Å²) in [6.07, 6.45) is 1.35. The molecular formula is C26H34N4O3. The van der Waals surface area contributed by atoms with E-state index in [2.05, 4.69) is 46.7 Å². The molecule has 2 saturated heterocycles. The molecule has 33 heavy (non-hydrogen) atoms. The number of amides is 3. The molecule has 2 aromatic rings. The number of aryl methyl sites for hydroxylation is 1. The van der Waals surface area contributed by atoms with Crippen molar-refractivity contribution < 1.29 is 14.3 Å². The van der Waals surface area contributed by atoms with E-state index in [1.165, 1.54) is 5.56 Å². The Morgan fingerprint density at radius 2 is 1.64 bits per heavy atom. The molecule has 0 aromatic heterocycles. The standard InChI is InChI=1S/C26H34N4O3/c1-20-7-9-21(10-8-20)24(19-29-15-17-33-18-16-29)28-25(31)22-11-13-30(14-12-22)26(32)27-23-5-3-2-4-6-23/h2-10,22,24H,11-19H2,1H3,(H,27,32)(H,28,31). The lowest BCUT2D eigenvalue weighted by atomic mass is 9.95. The van der Waals surface area contributed by atoms with Crippen molar-refractivity contribution in [2.75, 3.05) is 51.3 Å². The molecule has 7 nitrogen and oxygen atoms in total. The molecule has 2 aliphatic rings. The third-order valence-electron chi connectivity index (χ3n) is 6.52. The molecule has 2 fully saturated rings. The van der Waals surface area contributed by atoms with Crippen LogP contribution in [-0.2, 0) is 9.53 Å². The number of carbonyl (C=O) groups is 2. The number of nitrogens with one attached hydrogen (secondary N) is 2. The second-order valence-electron chi connectivity index (χ2n) is 8.94. The number of urea groups is 1. The van der Waals surface area contributed by atoms with Gasteiger partial charge in [0.1, 0.15) is 0 Å². The van der Waals surface area contributed by atoms with Crippen LogP contribution in [0.15, 0.2) is 54.6 Å². The van der Waals surface area contributed by atoms with Gasteiger partial charge in [0.15, 0.2) is 0 Å². The highest BCUT2D eigenvalue weighted by molar-refractivity contribution is 5.89. The smallest absolute Gasteiger partial charge is 0.321 e. The van der Waals surface area contributed by atoms with Crippen molar-refractivity contribution in [1.82, 2.24) is 15.1 Å². The molecule has 2 aliphatic heterocycles. The van der Waals surface area contributed by atoms with Crippen LogP contribution in [0.2, 0.25) is 0 Å². The highest BCUT2D eigenvalue weighted by Crippen LogP contribution is 2.22. The van der Waals surface area contributed by atoms with Crippen LogP contribution in [0.1, 0.15) is 30.0 Å². The van der Waals surface area contributed by atoms with Gasteiger partial charge in [-0.25, -0.2) is 4.79 Å². The van der Waals surface area contributed by atoms with Gasteiger partial charge < -0.3 is 20.3 Å². The molecule has 0 radical (unpaired) electrons. The molecule has 1 atom stereocenters. The van der Waals surface area contributed by atoms with E-state index in [1.54, 1.807) is 4.90 Å². The van der Waals surface area contributed by atoms with Crippen molar-refractivity contribution in [3.8, 4) is 0 Å². The van der Waals surface area contributed by atoms with Gasteiger partial charge in [0.2, 0.25) is 5.91 Å². The van der Waals surface area contributed by atoms with Crippen LogP contribution >= 0.6 is 0 Å². The fourth-order valence-electron chi connectivity index (χ4n) is 4.43. The lowest BCUT2D eigenvalue weighted by Gasteiger charge is -2.34. The van der Waals surface area contributed by atoms with E-state index < -0.39 is 0 Å². The molecule has 176 valence electrons. The fourth-order valence-corrected chi connectivity index (χ4v) is 4.43. The van der Waals surface area contributed by atoms with Gasteiger partial charge in [-0.1, -0.05) is 48.0 Å². The quantitative estimate of drug-likeness (QED) is 0.707. The summed E-state index contributed by atoms with van der Waals surface area (Å²) in [7, 11) is 0. The van der Waals surface area contributed by atoms with Gasteiger partial charge in [-0.3, -0.25) is 9.69 Å². The second-order valence-corrected chi connectivity index (χ2v) is 8.94. The maximum atomic E-state index is 13.2. The number of nitrogens with zero attached hydrogens (tertiary/aromatic N) is 2. The summed E-state index contributed by atoms with van der Waals surface area (Å²) in [5, 5.41) is 6.24. The first-order chi connectivity index (χ1) is 16.1. The van der Waals surface area contributed by atoms with E-state index in [9.17, 15) is 9.59 Å². The van der Waals surface area contributed by atoms with Crippen LogP contribution < -0.4 is 10.6 Å². The van der Waals surface area contributed by atoms with Crippen LogP contribution in [0, 0.1) is 12.8 Å². The number of likely N-dealkylation sites (tertiary alicyclic amines) is 1. The van der Waals surface area contributed by atoms with Crippen molar-refractivity contribution >= 4 is 17.6 Å². The molecule has 0 spiro atoms. The Kier molecular flexibility index (Phi) is 7.96. The summed E-state index contributed by atoms with van der Waals surface area (Å²) in [4.78, 5) is 29.9. The minimum absolute atomic E-state index is 0.0596. The number of rotatable bonds is 6. The number of piperidine rings is 1. The van der Waals surface area contributed by atoms with Gasteiger partial charge in [-0.2, -0.15) is 0 Å². The van der Waals surface area contributed by atoms with Crippen LogP contribution in [0.25, 0.3) is 0 Å². The molecule has 3 amide bonds. The number of hydrogen-bond donors (Lipinski definition) is 2. The zero-order valence-corrected chi connectivity index (χ0v) is 19.3. The second kappa shape index (κ2) is 11.3. The largest absolute Gasteiger partial charge is 0.379 e. The Balaban J connectivity index is 1.33. The maximum Gasteiger partial charge on any atom is 0.321 e. The third-order valence-corrected chi connectivity index (χ3v) is 6.52. The van der Waals surface area contributed by atoms with Crippen LogP contribution in [0.5, 0.6) is 0 Å². The van der Waals surface area contributed by atoms with Crippen LogP contribution in [-0.4, -0.2) is 67.7 Å². The number of anilines is 1. The average molecular weight is 451 g/mol. The first-order valence-electron chi connectivity index (χ1n) is 11.9. The highest BCUT2D eigenvalue weighted by Gasteiger charge is 2.29. The first kappa shape index (κ1) is 23.3. The van der Waals surface area contributed by atoms with Gasteiger partial charge in [-0.05, 0) is 37.5 Å². The molecule has 2 aromatic carbocycles. The Labute approximate surface area is 196 Å². The van der Waals surface area contributed by atoms with E-state index in [-0.39, 0.29) is 23.9 Å². The number of carbonyl (C=O) groups excluding carboxylic acids is 2. The highest BCUT2D eigenvalue weighted by atomic mass is 16.5. The van der Waals surface area contributed by atoms with Crippen molar-refractivity contribution in [3.05, 3.63) is 65.7 Å². The Bertz CT molecular complexity index is 905. The monoisotopic (exact) mass is 450 g/mol. The van der Waals surface area contributed by atoms with Gasteiger partial charge in [0.05, 0.1) is 19.3 Å². The molecule has 4 rings (SSSR count). The van der Waals surface area contributed by atoms with Gasteiger partial charge in [0, 0.05) is 44.3 Å². The van der Waals surface area contributed by atoms with E-state index in [1.807, 2.05) is 30.3 Å². The third kappa shape index (κ3) is 6.55. The lowest BCUT2D eigenvalue weighted by molar-refractivity contribution is -0.127. The normalized spacial score (nSPS) is 18.5. The SMILES string of the molecule is Cc1ccc(C(CN2CCOCC2)NC(=O)C2CCN(C(=O)Nc3ccccc3)CC2)cc1. The summed E-state index contributed by atoms with van der Waals surface area (Å²) in [6.45, 7) is 7.23. The van der Waals surface area contributed by atoms with E-state index in [4.69, 9.17) is 4.74 Å². The number of morpholine rings is 1. The molecule has 0 bridgehead atoms. The molecule has 7 heteroatoms. The Morgan fingerprint density at radius 3 is 2.30 bits per heavy atom. The number of benzene rings is 2. The molecular weight excluding hydrogens is 416 g/mol. The Hall–Kier alpha value is -2.90. The fraction of sp³-hybridized carbons (Fsp3) is 0.462. The minimum atomic E-state index is -0.107. The summed E-state index contributed by atoms with van der Waals surface area (Å²) < 4.78 is 5.48. The minimum Gasteiger partial charge on any atom is -0.379 e. The summed E-state index contributed by atoms with van der Waals surface area (Å²) in [5.74, 6) is 0.000338. The van der Waals surface area contributed by atoms with Crippen molar-refractivity contribution in [2.45, 2.75) is 25.8 Å². The zero-order chi connectivity index (χ0) is 23.0.